The number of unbranched alkanes of at least 4 members (excludes halogenated alkanes) is 4. The van der Waals surface area contributed by atoms with Crippen LogP contribution in [0.5, 0.6) is 0 Å². The van der Waals surface area contributed by atoms with Crippen LogP contribution in [0, 0.1) is 0 Å². The van der Waals surface area contributed by atoms with Crippen molar-refractivity contribution in [1.82, 2.24) is 0 Å². The minimum atomic E-state index is -0.414. The van der Waals surface area contributed by atoms with Gasteiger partial charge in [-0.2, -0.15) is 0 Å². The molecule has 0 aliphatic heterocycles. The van der Waals surface area contributed by atoms with Crippen LogP contribution in [0.2, 0.25) is 0 Å². The summed E-state index contributed by atoms with van der Waals surface area (Å²) in [5.41, 5.74) is 0. The number of esters is 2. The van der Waals surface area contributed by atoms with E-state index in [2.05, 4.69) is 11.7 Å². The first-order chi connectivity index (χ1) is 10.2. The number of hydrogen-bond donors (Lipinski definition) is 0. The van der Waals surface area contributed by atoms with Gasteiger partial charge in [-0.05, 0) is 6.42 Å². The third kappa shape index (κ3) is 15.1. The predicted molar refractivity (Wildman–Crippen MR) is 78.0 cm³/mol. The first-order valence-corrected chi connectivity index (χ1v) is 7.58. The van der Waals surface area contributed by atoms with Crippen LogP contribution in [0.1, 0.15) is 45.4 Å². The molecule has 0 bridgehead atoms. The summed E-state index contributed by atoms with van der Waals surface area (Å²) in [5, 5.41) is 0. The number of methoxy groups -OCH3 is 1. The van der Waals surface area contributed by atoms with Gasteiger partial charge in [0.05, 0.1) is 26.9 Å². The summed E-state index contributed by atoms with van der Waals surface area (Å²) in [6.45, 7) is 3.33. The largest absolute Gasteiger partial charge is 0.467 e. The summed E-state index contributed by atoms with van der Waals surface area (Å²) in [7, 11) is 1.31. The van der Waals surface area contributed by atoms with E-state index in [1.807, 2.05) is 0 Å². The SMILES string of the molecule is CCCCCCCC(=O)OCCOCCOCC(=O)OC. The second-order valence-corrected chi connectivity index (χ2v) is 4.63. The van der Waals surface area contributed by atoms with Crippen molar-refractivity contribution < 1.29 is 28.5 Å². The summed E-state index contributed by atoms with van der Waals surface area (Å²) in [6.07, 6.45) is 6.05. The average molecular weight is 304 g/mol. The molecule has 0 fully saturated rings. The summed E-state index contributed by atoms with van der Waals surface area (Å²) in [6, 6.07) is 0. The van der Waals surface area contributed by atoms with E-state index in [-0.39, 0.29) is 19.2 Å². The fourth-order valence-electron chi connectivity index (χ4n) is 1.59. The van der Waals surface area contributed by atoms with Crippen LogP contribution >= 0.6 is 0 Å². The Balaban J connectivity index is 3.19. The van der Waals surface area contributed by atoms with E-state index in [1.165, 1.54) is 26.4 Å². The molecule has 0 N–H and O–H groups in total. The fraction of sp³-hybridized carbons (Fsp3) is 0.867. The van der Waals surface area contributed by atoms with E-state index in [1.54, 1.807) is 0 Å². The number of rotatable bonds is 14. The van der Waals surface area contributed by atoms with Crippen molar-refractivity contribution >= 4 is 11.9 Å². The van der Waals surface area contributed by atoms with Crippen molar-refractivity contribution in [2.24, 2.45) is 0 Å². The first kappa shape index (κ1) is 19.9. The van der Waals surface area contributed by atoms with Crippen molar-refractivity contribution in [2.45, 2.75) is 45.4 Å². The van der Waals surface area contributed by atoms with E-state index in [0.717, 1.165) is 12.8 Å². The van der Waals surface area contributed by atoms with Gasteiger partial charge < -0.3 is 18.9 Å². The molecule has 0 unspecified atom stereocenters. The zero-order valence-electron chi connectivity index (χ0n) is 13.2. The highest BCUT2D eigenvalue weighted by Gasteiger charge is 2.02. The van der Waals surface area contributed by atoms with Crippen molar-refractivity contribution in [1.29, 1.82) is 0 Å². The van der Waals surface area contributed by atoms with E-state index in [9.17, 15) is 9.59 Å². The second kappa shape index (κ2) is 15.3. The van der Waals surface area contributed by atoms with Gasteiger partial charge in [0.1, 0.15) is 13.2 Å². The van der Waals surface area contributed by atoms with E-state index >= 15 is 0 Å². The van der Waals surface area contributed by atoms with Gasteiger partial charge in [0.2, 0.25) is 0 Å². The van der Waals surface area contributed by atoms with Crippen LogP contribution in [-0.2, 0) is 28.5 Å². The maximum Gasteiger partial charge on any atom is 0.331 e. The summed E-state index contributed by atoms with van der Waals surface area (Å²) >= 11 is 0. The fourth-order valence-corrected chi connectivity index (χ4v) is 1.59. The molecule has 0 rings (SSSR count). The van der Waals surface area contributed by atoms with Gasteiger partial charge in [-0.15, -0.1) is 0 Å². The predicted octanol–water partition coefficient (Wildman–Crippen LogP) is 2.10. The third-order valence-corrected chi connectivity index (χ3v) is 2.79. The molecule has 0 amide bonds. The molecular weight excluding hydrogens is 276 g/mol. The molecule has 0 aliphatic rings. The van der Waals surface area contributed by atoms with Crippen LogP contribution in [-0.4, -0.2) is 52.1 Å². The molecule has 21 heavy (non-hydrogen) atoms. The molecule has 0 heterocycles. The van der Waals surface area contributed by atoms with Crippen molar-refractivity contribution in [2.75, 3.05) is 40.1 Å². The van der Waals surface area contributed by atoms with Crippen LogP contribution in [0.3, 0.4) is 0 Å². The lowest BCUT2D eigenvalue weighted by Crippen LogP contribution is -2.15. The Morgan fingerprint density at radius 1 is 0.810 bits per heavy atom. The van der Waals surface area contributed by atoms with E-state index in [4.69, 9.17) is 14.2 Å². The van der Waals surface area contributed by atoms with Gasteiger partial charge in [-0.3, -0.25) is 4.79 Å². The van der Waals surface area contributed by atoms with Gasteiger partial charge in [0.15, 0.2) is 0 Å². The molecule has 124 valence electrons. The lowest BCUT2D eigenvalue weighted by molar-refractivity contribution is -0.148. The summed E-state index contributed by atoms with van der Waals surface area (Å²) in [5.74, 6) is -0.583. The molecular formula is C15H28O6. The Morgan fingerprint density at radius 2 is 1.48 bits per heavy atom. The first-order valence-electron chi connectivity index (χ1n) is 7.58. The van der Waals surface area contributed by atoms with Crippen molar-refractivity contribution in [3.63, 3.8) is 0 Å². The molecule has 0 aromatic rings. The smallest absolute Gasteiger partial charge is 0.331 e. The molecule has 6 nitrogen and oxygen atoms in total. The maximum absolute atomic E-state index is 11.4. The van der Waals surface area contributed by atoms with Gasteiger partial charge in [0.25, 0.3) is 0 Å². The molecule has 0 radical (unpaired) electrons. The van der Waals surface area contributed by atoms with Gasteiger partial charge in [-0.25, -0.2) is 4.79 Å². The molecule has 0 aromatic heterocycles. The number of hydrogen-bond acceptors (Lipinski definition) is 6. The normalized spacial score (nSPS) is 10.4. The monoisotopic (exact) mass is 304 g/mol. The number of carbonyl (C=O) groups is 2. The highest BCUT2D eigenvalue weighted by atomic mass is 16.6. The second-order valence-electron chi connectivity index (χ2n) is 4.63. The average Bonchev–Trinajstić information content (AvgIpc) is 2.49. The van der Waals surface area contributed by atoms with Gasteiger partial charge in [-0.1, -0.05) is 32.6 Å². The van der Waals surface area contributed by atoms with E-state index < -0.39 is 5.97 Å². The minimum Gasteiger partial charge on any atom is -0.467 e. The Bertz CT molecular complexity index is 267. The minimum absolute atomic E-state index is 0.0765. The molecule has 0 saturated heterocycles. The Morgan fingerprint density at radius 3 is 2.19 bits per heavy atom. The van der Waals surface area contributed by atoms with Gasteiger partial charge in [0, 0.05) is 6.42 Å². The molecule has 0 spiro atoms. The number of ether oxygens (including phenoxy) is 4. The van der Waals surface area contributed by atoms with Crippen molar-refractivity contribution in [3.8, 4) is 0 Å². The zero-order valence-corrected chi connectivity index (χ0v) is 13.2. The molecule has 0 atom stereocenters. The Kier molecular flexibility index (Phi) is 14.4. The molecule has 0 saturated carbocycles. The lowest BCUT2D eigenvalue weighted by Gasteiger charge is -2.06. The molecule has 6 heteroatoms. The quantitative estimate of drug-likeness (QED) is 0.361. The van der Waals surface area contributed by atoms with Crippen LogP contribution in [0.15, 0.2) is 0 Å². The summed E-state index contributed by atoms with van der Waals surface area (Å²) in [4.78, 5) is 22.1. The Labute approximate surface area is 127 Å². The van der Waals surface area contributed by atoms with Crippen LogP contribution in [0.4, 0.5) is 0 Å². The summed E-state index contributed by atoms with van der Waals surface area (Å²) < 4.78 is 19.6. The molecule has 0 aromatic carbocycles. The molecule has 0 aliphatic carbocycles. The highest BCUT2D eigenvalue weighted by Crippen LogP contribution is 2.05. The third-order valence-electron chi connectivity index (χ3n) is 2.79. The Hall–Kier alpha value is -1.14. The van der Waals surface area contributed by atoms with Gasteiger partial charge >= 0.3 is 11.9 Å². The van der Waals surface area contributed by atoms with Crippen LogP contribution in [0.25, 0.3) is 0 Å². The standard InChI is InChI=1S/C15H28O6/c1-3-4-5-6-7-8-14(16)21-12-11-19-9-10-20-13-15(17)18-2/h3-13H2,1-2H3. The highest BCUT2D eigenvalue weighted by molar-refractivity contribution is 5.70. The number of carbonyl (C=O) groups excluding carboxylic acids is 2. The van der Waals surface area contributed by atoms with Crippen LogP contribution < -0.4 is 0 Å². The topological polar surface area (TPSA) is 71.1 Å². The lowest BCUT2D eigenvalue weighted by atomic mass is 10.1. The van der Waals surface area contributed by atoms with E-state index in [0.29, 0.717) is 26.2 Å². The maximum atomic E-state index is 11.4. The zero-order chi connectivity index (χ0) is 15.8. The van der Waals surface area contributed by atoms with Crippen molar-refractivity contribution in [3.05, 3.63) is 0 Å².